The molecule has 0 N–H and O–H groups in total. The summed E-state index contributed by atoms with van der Waals surface area (Å²) in [5.41, 5.74) is 4.24. The Morgan fingerprint density at radius 1 is 0.966 bits per heavy atom. The van der Waals surface area contributed by atoms with Gasteiger partial charge in [-0.25, -0.2) is 19.7 Å². The van der Waals surface area contributed by atoms with Gasteiger partial charge in [-0.05, 0) is 54.8 Å². The van der Waals surface area contributed by atoms with Crippen molar-refractivity contribution in [1.29, 1.82) is 0 Å². The van der Waals surface area contributed by atoms with Gasteiger partial charge in [0.05, 0.1) is 28.1 Å². The topological polar surface area (TPSA) is 69.9 Å². The molecule has 29 heavy (non-hydrogen) atoms. The Bertz CT molecular complexity index is 1320. The highest BCUT2D eigenvalue weighted by Crippen LogP contribution is 2.30. The summed E-state index contributed by atoms with van der Waals surface area (Å²) in [5.74, 6) is 0.438. The van der Waals surface area contributed by atoms with Crippen molar-refractivity contribution in [1.82, 2.24) is 19.5 Å². The van der Waals surface area contributed by atoms with Crippen LogP contribution in [-0.2, 0) is 4.74 Å². The molecule has 0 aliphatic rings. The van der Waals surface area contributed by atoms with Gasteiger partial charge in [0, 0.05) is 5.69 Å². The second-order valence-corrected chi connectivity index (χ2v) is 7.32. The molecule has 0 aliphatic heterocycles. The Morgan fingerprint density at radius 3 is 2.41 bits per heavy atom. The van der Waals surface area contributed by atoms with Crippen LogP contribution in [0.2, 0.25) is 0 Å². The predicted octanol–water partition coefficient (Wildman–Crippen LogP) is 4.87. The van der Waals surface area contributed by atoms with Gasteiger partial charge in [0.15, 0.2) is 17.1 Å². The van der Waals surface area contributed by atoms with Crippen LogP contribution in [0.1, 0.15) is 17.3 Å². The van der Waals surface area contributed by atoms with Crippen LogP contribution < -0.4 is 0 Å². The maximum Gasteiger partial charge on any atom is 0.338 e. The summed E-state index contributed by atoms with van der Waals surface area (Å²) in [6.07, 6.45) is 0. The molecule has 0 bridgehead atoms. The summed E-state index contributed by atoms with van der Waals surface area (Å²) in [6.45, 7) is 2.14. The number of para-hydroxylation sites is 2. The fourth-order valence-electron chi connectivity index (χ4n) is 3.23. The molecule has 0 unspecified atom stereocenters. The average molecular weight is 400 g/mol. The molecular weight excluding hydrogens is 384 g/mol. The number of nitrogens with zero attached hydrogens (tertiary/aromatic N) is 4. The van der Waals surface area contributed by atoms with E-state index in [1.165, 1.54) is 0 Å². The Morgan fingerprint density at radius 2 is 1.72 bits per heavy atom. The highest BCUT2D eigenvalue weighted by Gasteiger charge is 2.18. The Labute approximate surface area is 170 Å². The summed E-state index contributed by atoms with van der Waals surface area (Å²) in [5, 5.41) is 2.01. The first-order valence-corrected chi connectivity index (χ1v) is 10.1. The zero-order valence-electron chi connectivity index (χ0n) is 15.6. The molecule has 3 heterocycles. The van der Waals surface area contributed by atoms with E-state index in [4.69, 9.17) is 19.7 Å². The minimum absolute atomic E-state index is 0.334. The quantitative estimate of drug-likeness (QED) is 0.402. The van der Waals surface area contributed by atoms with Crippen LogP contribution in [0.5, 0.6) is 0 Å². The van der Waals surface area contributed by atoms with E-state index in [1.807, 2.05) is 58.5 Å². The maximum absolute atomic E-state index is 12.0. The molecule has 7 heteroatoms. The van der Waals surface area contributed by atoms with Crippen molar-refractivity contribution in [3.8, 4) is 16.4 Å². The number of rotatable bonds is 4. The van der Waals surface area contributed by atoms with Crippen molar-refractivity contribution < 1.29 is 9.53 Å². The van der Waals surface area contributed by atoms with E-state index in [0.29, 0.717) is 23.5 Å². The third-order valence-corrected chi connectivity index (χ3v) is 5.41. The summed E-state index contributed by atoms with van der Waals surface area (Å²) in [6, 6.07) is 19.0. The molecule has 5 rings (SSSR count). The number of benzene rings is 2. The second-order valence-electron chi connectivity index (χ2n) is 6.38. The standard InChI is InChI=1S/C22H16N4O2S/c1-2-28-22(27)14-9-11-15(12-10-14)26-20(18-8-5-13-29-18)25-19-21(26)24-17-7-4-3-6-16(17)23-19/h3-13H,2H2,1H3. The van der Waals surface area contributed by atoms with E-state index in [1.54, 1.807) is 30.4 Å². The van der Waals surface area contributed by atoms with Gasteiger partial charge in [-0.15, -0.1) is 11.3 Å². The van der Waals surface area contributed by atoms with Gasteiger partial charge >= 0.3 is 5.97 Å². The number of carbonyl (C=O) groups excluding carboxylic acids is 1. The van der Waals surface area contributed by atoms with Crippen LogP contribution in [0.3, 0.4) is 0 Å². The Hall–Kier alpha value is -3.58. The van der Waals surface area contributed by atoms with Gasteiger partial charge in [0.1, 0.15) is 0 Å². The monoisotopic (exact) mass is 400 g/mol. The lowest BCUT2D eigenvalue weighted by Gasteiger charge is -2.09. The molecule has 0 radical (unpaired) electrons. The molecule has 2 aromatic carbocycles. The van der Waals surface area contributed by atoms with Crippen LogP contribution in [0, 0.1) is 0 Å². The van der Waals surface area contributed by atoms with Gasteiger partial charge < -0.3 is 4.74 Å². The number of thiophene rings is 1. The van der Waals surface area contributed by atoms with Gasteiger partial charge in [-0.3, -0.25) is 4.57 Å². The molecular formula is C22H16N4O2S. The van der Waals surface area contributed by atoms with E-state index in [2.05, 4.69) is 0 Å². The van der Waals surface area contributed by atoms with Crippen LogP contribution in [0.15, 0.2) is 66.0 Å². The molecule has 0 spiro atoms. The number of ether oxygens (including phenoxy) is 1. The highest BCUT2D eigenvalue weighted by molar-refractivity contribution is 7.13. The SMILES string of the molecule is CCOC(=O)c1ccc(-n2c(-c3cccs3)nc3nc4ccccc4nc32)cc1. The van der Waals surface area contributed by atoms with Crippen molar-refractivity contribution in [2.45, 2.75) is 6.92 Å². The van der Waals surface area contributed by atoms with Crippen LogP contribution in [-0.4, -0.2) is 32.1 Å². The zero-order valence-corrected chi connectivity index (χ0v) is 16.4. The second kappa shape index (κ2) is 7.10. The average Bonchev–Trinajstić information content (AvgIpc) is 3.40. The summed E-state index contributed by atoms with van der Waals surface area (Å²) < 4.78 is 7.06. The zero-order chi connectivity index (χ0) is 19.8. The van der Waals surface area contributed by atoms with Crippen molar-refractivity contribution in [3.63, 3.8) is 0 Å². The van der Waals surface area contributed by atoms with Crippen LogP contribution in [0.25, 0.3) is 38.7 Å². The predicted molar refractivity (Wildman–Crippen MR) is 113 cm³/mol. The fourth-order valence-corrected chi connectivity index (χ4v) is 3.94. The number of hydrogen-bond donors (Lipinski definition) is 0. The van der Waals surface area contributed by atoms with E-state index < -0.39 is 0 Å². The van der Waals surface area contributed by atoms with Crippen molar-refractivity contribution >= 4 is 39.6 Å². The summed E-state index contributed by atoms with van der Waals surface area (Å²) in [7, 11) is 0. The molecule has 142 valence electrons. The minimum Gasteiger partial charge on any atom is -0.462 e. The normalized spacial score (nSPS) is 11.2. The molecule has 0 saturated carbocycles. The lowest BCUT2D eigenvalue weighted by Crippen LogP contribution is -2.05. The molecule has 3 aromatic heterocycles. The third kappa shape index (κ3) is 3.05. The number of esters is 1. The smallest absolute Gasteiger partial charge is 0.338 e. The Kier molecular flexibility index (Phi) is 4.29. The minimum atomic E-state index is -0.334. The summed E-state index contributed by atoms with van der Waals surface area (Å²) >= 11 is 1.61. The molecule has 0 aliphatic carbocycles. The fraction of sp³-hybridized carbons (Fsp3) is 0.0909. The van der Waals surface area contributed by atoms with Crippen molar-refractivity contribution in [2.75, 3.05) is 6.61 Å². The Balaban J connectivity index is 1.73. The van der Waals surface area contributed by atoms with Crippen LogP contribution >= 0.6 is 11.3 Å². The molecule has 5 aromatic rings. The first kappa shape index (κ1) is 17.5. The molecule has 6 nitrogen and oxygen atoms in total. The van der Waals surface area contributed by atoms with Gasteiger partial charge in [0.2, 0.25) is 0 Å². The first-order valence-electron chi connectivity index (χ1n) is 9.21. The lowest BCUT2D eigenvalue weighted by molar-refractivity contribution is 0.0526. The number of fused-ring (bicyclic) bond motifs is 2. The molecule has 0 amide bonds. The van der Waals surface area contributed by atoms with Gasteiger partial charge in [-0.2, -0.15) is 0 Å². The molecule has 0 atom stereocenters. The number of imidazole rings is 1. The number of aromatic nitrogens is 4. The van der Waals surface area contributed by atoms with E-state index in [9.17, 15) is 4.79 Å². The van der Waals surface area contributed by atoms with Gasteiger partial charge in [-0.1, -0.05) is 18.2 Å². The van der Waals surface area contributed by atoms with Crippen LogP contribution in [0.4, 0.5) is 0 Å². The number of carbonyl (C=O) groups is 1. The third-order valence-electron chi connectivity index (χ3n) is 4.55. The molecule has 0 saturated heterocycles. The van der Waals surface area contributed by atoms with Crippen molar-refractivity contribution in [3.05, 3.63) is 71.6 Å². The largest absolute Gasteiger partial charge is 0.462 e. The van der Waals surface area contributed by atoms with E-state index in [-0.39, 0.29) is 5.97 Å². The van der Waals surface area contributed by atoms with E-state index in [0.717, 1.165) is 27.4 Å². The van der Waals surface area contributed by atoms with Crippen molar-refractivity contribution in [2.24, 2.45) is 0 Å². The highest BCUT2D eigenvalue weighted by atomic mass is 32.1. The number of hydrogen-bond acceptors (Lipinski definition) is 6. The van der Waals surface area contributed by atoms with Gasteiger partial charge in [0.25, 0.3) is 0 Å². The molecule has 0 fully saturated rings. The lowest BCUT2D eigenvalue weighted by atomic mass is 10.2. The first-order chi connectivity index (χ1) is 14.2. The maximum atomic E-state index is 12.0. The van der Waals surface area contributed by atoms with E-state index >= 15 is 0 Å². The summed E-state index contributed by atoms with van der Waals surface area (Å²) in [4.78, 5) is 27.3.